The lowest BCUT2D eigenvalue weighted by molar-refractivity contribution is -0.119. The van der Waals surface area contributed by atoms with Crippen molar-refractivity contribution in [2.45, 2.75) is 57.8 Å². The van der Waals surface area contributed by atoms with Crippen LogP contribution in [0.1, 0.15) is 57.8 Å². The highest BCUT2D eigenvalue weighted by Gasteiger charge is 2.19. The lowest BCUT2D eigenvalue weighted by atomic mass is 9.84. The van der Waals surface area contributed by atoms with E-state index < -0.39 is 0 Å². The molecule has 0 bridgehead atoms. The van der Waals surface area contributed by atoms with E-state index in [2.05, 4.69) is 5.32 Å². The van der Waals surface area contributed by atoms with Crippen LogP contribution in [0.3, 0.4) is 0 Å². The molecule has 0 radical (unpaired) electrons. The van der Waals surface area contributed by atoms with Gasteiger partial charge in [0, 0.05) is 31.6 Å². The van der Waals surface area contributed by atoms with Gasteiger partial charge < -0.3 is 5.32 Å². The summed E-state index contributed by atoms with van der Waals surface area (Å²) < 4.78 is 0. The van der Waals surface area contributed by atoms with Gasteiger partial charge in [-0.05, 0) is 31.6 Å². The summed E-state index contributed by atoms with van der Waals surface area (Å²) in [6.07, 6.45) is 10.3. The molecule has 1 aliphatic heterocycles. The monoisotopic (exact) mass is 250 g/mol. The zero-order valence-electron chi connectivity index (χ0n) is 11.4. The number of hydrogen-bond donors (Lipinski definition) is 1. The van der Waals surface area contributed by atoms with Crippen LogP contribution in [0.4, 0.5) is 0 Å². The molecule has 1 saturated carbocycles. The molecule has 0 spiro atoms. The summed E-state index contributed by atoms with van der Waals surface area (Å²) in [4.78, 5) is 16.4. The van der Waals surface area contributed by atoms with Crippen LogP contribution in [0.15, 0.2) is 4.99 Å². The van der Waals surface area contributed by atoms with E-state index in [1.165, 1.54) is 37.8 Å². The molecule has 0 atom stereocenters. The molecule has 1 heterocycles. The third-order valence-electron chi connectivity index (χ3n) is 4.15. The van der Waals surface area contributed by atoms with E-state index in [9.17, 15) is 4.79 Å². The molecule has 0 unspecified atom stereocenters. The maximum atomic E-state index is 11.6. The Hall–Kier alpha value is -0.700. The predicted octanol–water partition coefficient (Wildman–Crippen LogP) is 2.74. The quantitative estimate of drug-likeness (QED) is 0.777. The van der Waals surface area contributed by atoms with Crippen molar-refractivity contribution < 1.29 is 4.79 Å². The number of Topliss-reactive ketones (excluding diaryl/α,β-unsaturated/α-hetero) is 1. The van der Waals surface area contributed by atoms with Crippen LogP contribution in [0.25, 0.3) is 0 Å². The lowest BCUT2D eigenvalue weighted by Crippen LogP contribution is -2.22. The smallest absolute Gasteiger partial charge is 0.134 e. The van der Waals surface area contributed by atoms with E-state index in [1.54, 1.807) is 0 Å². The Balaban J connectivity index is 1.91. The number of hydrogen-bond acceptors (Lipinski definition) is 3. The molecule has 1 aliphatic carbocycles. The second-order valence-corrected chi connectivity index (χ2v) is 5.60. The molecule has 3 nitrogen and oxygen atoms in total. The average molecular weight is 250 g/mol. The molecule has 2 aliphatic rings. The molecular weight excluding hydrogens is 224 g/mol. The highest BCUT2D eigenvalue weighted by Crippen LogP contribution is 2.26. The van der Waals surface area contributed by atoms with E-state index in [1.807, 2.05) is 0 Å². The fourth-order valence-electron chi connectivity index (χ4n) is 3.07. The summed E-state index contributed by atoms with van der Waals surface area (Å²) in [5.74, 6) is 1.13. The minimum atomic E-state index is 0.410. The molecule has 1 N–H and O–H groups in total. The Morgan fingerprint density at radius 1 is 0.944 bits per heavy atom. The Morgan fingerprint density at radius 3 is 2.61 bits per heavy atom. The second kappa shape index (κ2) is 7.67. The van der Waals surface area contributed by atoms with Crippen molar-refractivity contribution in [3.05, 3.63) is 0 Å². The Kier molecular flexibility index (Phi) is 5.85. The van der Waals surface area contributed by atoms with Crippen molar-refractivity contribution in [1.82, 2.24) is 5.32 Å². The van der Waals surface area contributed by atoms with Gasteiger partial charge in [-0.15, -0.1) is 0 Å². The third kappa shape index (κ3) is 4.52. The largest absolute Gasteiger partial charge is 0.314 e. The van der Waals surface area contributed by atoms with Crippen LogP contribution >= 0.6 is 0 Å². The minimum absolute atomic E-state index is 0.410. The summed E-state index contributed by atoms with van der Waals surface area (Å²) in [6, 6.07) is 0. The minimum Gasteiger partial charge on any atom is -0.314 e. The molecule has 102 valence electrons. The van der Waals surface area contributed by atoms with Crippen molar-refractivity contribution in [2.24, 2.45) is 10.9 Å². The normalized spacial score (nSPS) is 25.3. The predicted molar refractivity (Wildman–Crippen MR) is 75.2 cm³/mol. The Morgan fingerprint density at radius 2 is 1.78 bits per heavy atom. The van der Waals surface area contributed by atoms with Gasteiger partial charge in [0.25, 0.3) is 0 Å². The van der Waals surface area contributed by atoms with Crippen molar-refractivity contribution in [3.8, 4) is 0 Å². The standard InChI is InChI=1S/C15H26N2O/c18-14-7-4-8-15(13-5-2-1-3-6-13)17-12-11-16-10-9-14/h13,16H,1-12H2. The highest BCUT2D eigenvalue weighted by atomic mass is 16.1. The molecule has 0 aromatic carbocycles. The van der Waals surface area contributed by atoms with Crippen LogP contribution in [-0.4, -0.2) is 31.1 Å². The van der Waals surface area contributed by atoms with E-state index in [0.717, 1.165) is 44.8 Å². The SMILES string of the molecule is O=C1CCCC(C2CCCCC2)=NCCNCC1. The van der Waals surface area contributed by atoms with E-state index in [-0.39, 0.29) is 0 Å². The molecule has 1 fully saturated rings. The maximum Gasteiger partial charge on any atom is 0.134 e. The Labute approximate surface area is 110 Å². The Bertz CT molecular complexity index is 293. The van der Waals surface area contributed by atoms with E-state index >= 15 is 0 Å². The van der Waals surface area contributed by atoms with Crippen LogP contribution in [0.5, 0.6) is 0 Å². The first-order valence-corrected chi connectivity index (χ1v) is 7.62. The molecular formula is C15H26N2O. The average Bonchev–Trinajstić information content (AvgIpc) is 2.45. The van der Waals surface area contributed by atoms with Crippen LogP contribution < -0.4 is 5.32 Å². The number of nitrogens with one attached hydrogen (secondary N) is 1. The summed E-state index contributed by atoms with van der Waals surface area (Å²) in [7, 11) is 0. The van der Waals surface area contributed by atoms with Gasteiger partial charge in [-0.25, -0.2) is 0 Å². The number of ketones is 1. The molecule has 0 amide bonds. The maximum absolute atomic E-state index is 11.6. The van der Waals surface area contributed by atoms with Crippen molar-refractivity contribution >= 4 is 11.5 Å². The van der Waals surface area contributed by atoms with E-state index in [4.69, 9.17) is 4.99 Å². The topological polar surface area (TPSA) is 41.5 Å². The second-order valence-electron chi connectivity index (χ2n) is 5.60. The van der Waals surface area contributed by atoms with Gasteiger partial charge in [-0.2, -0.15) is 0 Å². The number of carbonyl (C=O) groups is 1. The van der Waals surface area contributed by atoms with Crippen molar-refractivity contribution in [1.29, 1.82) is 0 Å². The number of carbonyl (C=O) groups excluding carboxylic acids is 1. The summed E-state index contributed by atoms with van der Waals surface area (Å²) >= 11 is 0. The molecule has 0 aromatic heterocycles. The zero-order chi connectivity index (χ0) is 12.6. The first-order valence-electron chi connectivity index (χ1n) is 7.62. The lowest BCUT2D eigenvalue weighted by Gasteiger charge is -2.23. The number of rotatable bonds is 1. The molecule has 2 rings (SSSR count). The summed E-state index contributed by atoms with van der Waals surface area (Å²) in [5.41, 5.74) is 1.41. The fraction of sp³-hybridized carbons (Fsp3) is 0.867. The summed E-state index contributed by atoms with van der Waals surface area (Å²) in [6.45, 7) is 2.64. The fourth-order valence-corrected chi connectivity index (χ4v) is 3.07. The van der Waals surface area contributed by atoms with Gasteiger partial charge in [-0.3, -0.25) is 9.79 Å². The van der Waals surface area contributed by atoms with Crippen LogP contribution in [-0.2, 0) is 4.79 Å². The molecule has 0 aromatic rings. The van der Waals surface area contributed by atoms with Crippen LogP contribution in [0.2, 0.25) is 0 Å². The zero-order valence-corrected chi connectivity index (χ0v) is 11.4. The number of aliphatic imine (C=N–C) groups is 1. The molecule has 3 heteroatoms. The molecule has 18 heavy (non-hydrogen) atoms. The van der Waals surface area contributed by atoms with Gasteiger partial charge in [-0.1, -0.05) is 19.3 Å². The molecule has 0 saturated heterocycles. The summed E-state index contributed by atoms with van der Waals surface area (Å²) in [5, 5.41) is 3.31. The number of nitrogens with zero attached hydrogens (tertiary/aromatic N) is 1. The van der Waals surface area contributed by atoms with Crippen molar-refractivity contribution in [2.75, 3.05) is 19.6 Å². The van der Waals surface area contributed by atoms with Gasteiger partial charge in [0.05, 0.1) is 6.54 Å². The first-order chi connectivity index (χ1) is 8.86. The highest BCUT2D eigenvalue weighted by molar-refractivity contribution is 5.87. The van der Waals surface area contributed by atoms with Gasteiger partial charge >= 0.3 is 0 Å². The van der Waals surface area contributed by atoms with Crippen LogP contribution in [0, 0.1) is 5.92 Å². The van der Waals surface area contributed by atoms with Gasteiger partial charge in [0.15, 0.2) is 0 Å². The third-order valence-corrected chi connectivity index (χ3v) is 4.15. The van der Waals surface area contributed by atoms with Gasteiger partial charge in [0.2, 0.25) is 0 Å². The van der Waals surface area contributed by atoms with Crippen molar-refractivity contribution in [3.63, 3.8) is 0 Å². The van der Waals surface area contributed by atoms with Gasteiger partial charge in [0.1, 0.15) is 5.78 Å². The first kappa shape index (κ1) is 13.7. The van der Waals surface area contributed by atoms with E-state index in [0.29, 0.717) is 12.2 Å².